The number of carbonyl (C=O) groups is 1. The second-order valence-electron chi connectivity index (χ2n) is 4.40. The maximum absolute atomic E-state index is 11.9. The summed E-state index contributed by atoms with van der Waals surface area (Å²) >= 11 is 4.98. The summed E-state index contributed by atoms with van der Waals surface area (Å²) in [6.07, 6.45) is 0.320. The lowest BCUT2D eigenvalue weighted by molar-refractivity contribution is -0.384. The highest BCUT2D eigenvalue weighted by Crippen LogP contribution is 2.28. The molecule has 0 aromatic heterocycles. The number of thioether (sulfide) groups is 1. The molecular weight excluding hydrogens is 346 g/mol. The number of nitrogens with zero attached hydrogens (tertiary/aromatic N) is 1. The van der Waals surface area contributed by atoms with Crippen molar-refractivity contribution in [3.8, 4) is 0 Å². The highest BCUT2D eigenvalue weighted by Gasteiger charge is 2.20. The zero-order chi connectivity index (χ0) is 14.5. The average Bonchev–Trinajstić information content (AvgIpc) is 2.41. The highest BCUT2D eigenvalue weighted by atomic mass is 79.9. The van der Waals surface area contributed by atoms with E-state index in [9.17, 15) is 14.9 Å². The summed E-state index contributed by atoms with van der Waals surface area (Å²) in [7, 11) is 0. The first-order valence-electron chi connectivity index (χ1n) is 6.11. The van der Waals surface area contributed by atoms with E-state index in [2.05, 4.69) is 26.6 Å². The van der Waals surface area contributed by atoms with Crippen LogP contribution < -0.4 is 10.6 Å². The van der Waals surface area contributed by atoms with Crippen molar-refractivity contribution in [1.82, 2.24) is 5.32 Å². The topological polar surface area (TPSA) is 84.3 Å². The van der Waals surface area contributed by atoms with Crippen LogP contribution in [-0.2, 0) is 4.79 Å². The molecule has 8 heteroatoms. The van der Waals surface area contributed by atoms with E-state index in [1.165, 1.54) is 12.1 Å². The number of benzene rings is 1. The molecule has 1 heterocycles. The van der Waals surface area contributed by atoms with Gasteiger partial charge in [0.25, 0.3) is 5.69 Å². The van der Waals surface area contributed by atoms with E-state index in [0.29, 0.717) is 10.9 Å². The van der Waals surface area contributed by atoms with Gasteiger partial charge in [-0.1, -0.05) is 15.9 Å². The summed E-state index contributed by atoms with van der Waals surface area (Å²) in [6.45, 7) is 0.890. The molecule has 1 aliphatic rings. The standard InChI is InChI=1S/C12H14BrN3O3S/c13-8-1-2-10(11(5-8)16(18)19)15-12(17)6-9-7-20-4-3-14-9/h1-2,5,9,14H,3-4,6-7H2,(H,15,17). The number of hydrogen-bond acceptors (Lipinski definition) is 5. The van der Waals surface area contributed by atoms with Crippen LogP contribution in [0, 0.1) is 10.1 Å². The number of anilines is 1. The fraction of sp³-hybridized carbons (Fsp3) is 0.417. The summed E-state index contributed by atoms with van der Waals surface area (Å²) in [4.78, 5) is 22.4. The Kier molecular flexibility index (Phi) is 5.38. The molecule has 2 N–H and O–H groups in total. The minimum atomic E-state index is -0.505. The van der Waals surface area contributed by atoms with Gasteiger partial charge in [-0.05, 0) is 12.1 Å². The second kappa shape index (κ2) is 7.05. The van der Waals surface area contributed by atoms with Crippen LogP contribution in [0.2, 0.25) is 0 Å². The van der Waals surface area contributed by atoms with E-state index < -0.39 is 4.92 Å². The first-order chi connectivity index (χ1) is 9.56. The highest BCUT2D eigenvalue weighted by molar-refractivity contribution is 9.10. The van der Waals surface area contributed by atoms with Crippen molar-refractivity contribution in [1.29, 1.82) is 0 Å². The minimum Gasteiger partial charge on any atom is -0.320 e. The zero-order valence-electron chi connectivity index (χ0n) is 10.6. The van der Waals surface area contributed by atoms with E-state index in [1.54, 1.807) is 17.8 Å². The Labute approximate surface area is 129 Å². The van der Waals surface area contributed by atoms with Crippen molar-refractivity contribution in [2.24, 2.45) is 0 Å². The van der Waals surface area contributed by atoms with Gasteiger partial charge in [0.1, 0.15) is 5.69 Å². The molecule has 1 unspecified atom stereocenters. The molecule has 1 fully saturated rings. The third-order valence-corrected chi connectivity index (χ3v) is 4.48. The Hall–Kier alpha value is -1.12. The molecule has 0 radical (unpaired) electrons. The van der Waals surface area contributed by atoms with E-state index >= 15 is 0 Å². The SMILES string of the molecule is O=C(CC1CSCCN1)Nc1ccc(Br)cc1[N+](=O)[O-]. The molecule has 0 spiro atoms. The van der Waals surface area contributed by atoms with Gasteiger partial charge >= 0.3 is 0 Å². The van der Waals surface area contributed by atoms with Crippen molar-refractivity contribution < 1.29 is 9.72 Å². The number of halogens is 1. The average molecular weight is 360 g/mol. The number of carbonyl (C=O) groups excluding carboxylic acids is 1. The van der Waals surface area contributed by atoms with Crippen molar-refractivity contribution in [3.63, 3.8) is 0 Å². The number of nitro benzene ring substituents is 1. The van der Waals surface area contributed by atoms with Crippen molar-refractivity contribution in [2.45, 2.75) is 12.5 Å². The third kappa shape index (κ3) is 4.19. The Morgan fingerprint density at radius 3 is 3.05 bits per heavy atom. The molecule has 0 aliphatic carbocycles. The zero-order valence-corrected chi connectivity index (χ0v) is 13.0. The van der Waals surface area contributed by atoms with Gasteiger partial charge in [-0.2, -0.15) is 11.8 Å². The molecule has 2 rings (SSSR count). The Morgan fingerprint density at radius 2 is 2.40 bits per heavy atom. The predicted molar refractivity (Wildman–Crippen MR) is 83.2 cm³/mol. The minimum absolute atomic E-state index is 0.112. The predicted octanol–water partition coefficient (Wildman–Crippen LogP) is 2.39. The fourth-order valence-electron chi connectivity index (χ4n) is 1.94. The van der Waals surface area contributed by atoms with E-state index in [0.717, 1.165) is 18.1 Å². The molecule has 108 valence electrons. The van der Waals surface area contributed by atoms with Gasteiger partial charge in [-0.25, -0.2) is 0 Å². The van der Waals surface area contributed by atoms with Crippen LogP contribution in [0.15, 0.2) is 22.7 Å². The second-order valence-corrected chi connectivity index (χ2v) is 6.46. The van der Waals surface area contributed by atoms with Gasteiger partial charge in [0.05, 0.1) is 4.92 Å². The Bertz CT molecular complexity index is 521. The first kappa shape index (κ1) is 15.3. The lowest BCUT2D eigenvalue weighted by Gasteiger charge is -2.22. The molecule has 1 atom stereocenters. The molecule has 20 heavy (non-hydrogen) atoms. The fourth-order valence-corrected chi connectivity index (χ4v) is 3.24. The maximum atomic E-state index is 11.9. The monoisotopic (exact) mass is 359 g/mol. The molecular formula is C12H14BrN3O3S. The third-order valence-electron chi connectivity index (χ3n) is 2.86. The first-order valence-corrected chi connectivity index (χ1v) is 8.06. The Balaban J connectivity index is 2.01. The largest absolute Gasteiger partial charge is 0.320 e. The molecule has 1 aromatic rings. The molecule has 1 amide bonds. The van der Waals surface area contributed by atoms with Gasteiger partial charge in [0, 0.05) is 41.1 Å². The number of nitro groups is 1. The van der Waals surface area contributed by atoms with Crippen molar-refractivity contribution in [3.05, 3.63) is 32.8 Å². The van der Waals surface area contributed by atoms with Crippen molar-refractivity contribution in [2.75, 3.05) is 23.4 Å². The molecule has 6 nitrogen and oxygen atoms in total. The van der Waals surface area contributed by atoms with Gasteiger partial charge in [0.2, 0.25) is 5.91 Å². The van der Waals surface area contributed by atoms with Crippen LogP contribution in [0.3, 0.4) is 0 Å². The molecule has 1 saturated heterocycles. The van der Waals surface area contributed by atoms with Gasteiger partial charge < -0.3 is 10.6 Å². The van der Waals surface area contributed by atoms with Crippen LogP contribution in [0.5, 0.6) is 0 Å². The number of hydrogen-bond donors (Lipinski definition) is 2. The number of amides is 1. The summed E-state index contributed by atoms with van der Waals surface area (Å²) in [6, 6.07) is 4.70. The lowest BCUT2D eigenvalue weighted by Crippen LogP contribution is -2.39. The van der Waals surface area contributed by atoms with Crippen LogP contribution in [0.25, 0.3) is 0 Å². The van der Waals surface area contributed by atoms with Gasteiger partial charge in [0.15, 0.2) is 0 Å². The Morgan fingerprint density at radius 1 is 1.60 bits per heavy atom. The molecule has 1 aliphatic heterocycles. The number of rotatable bonds is 4. The summed E-state index contributed by atoms with van der Waals surface area (Å²) in [5.41, 5.74) is 0.116. The maximum Gasteiger partial charge on any atom is 0.293 e. The lowest BCUT2D eigenvalue weighted by atomic mass is 10.2. The van der Waals surface area contributed by atoms with E-state index in [-0.39, 0.29) is 23.3 Å². The van der Waals surface area contributed by atoms with Crippen LogP contribution in [0.4, 0.5) is 11.4 Å². The summed E-state index contributed by atoms with van der Waals surface area (Å²) in [5, 5.41) is 16.8. The van der Waals surface area contributed by atoms with E-state index in [1.807, 2.05) is 0 Å². The smallest absolute Gasteiger partial charge is 0.293 e. The van der Waals surface area contributed by atoms with Crippen LogP contribution in [-0.4, -0.2) is 34.9 Å². The van der Waals surface area contributed by atoms with E-state index in [4.69, 9.17) is 0 Å². The van der Waals surface area contributed by atoms with Gasteiger partial charge in [-0.15, -0.1) is 0 Å². The van der Waals surface area contributed by atoms with Gasteiger partial charge in [-0.3, -0.25) is 14.9 Å². The quantitative estimate of drug-likeness (QED) is 0.636. The van der Waals surface area contributed by atoms with Crippen LogP contribution in [0.1, 0.15) is 6.42 Å². The molecule has 0 bridgehead atoms. The summed E-state index contributed by atoms with van der Waals surface area (Å²) in [5.74, 6) is 1.72. The van der Waals surface area contributed by atoms with Crippen LogP contribution >= 0.6 is 27.7 Å². The normalized spacial score (nSPS) is 18.6. The molecule has 1 aromatic carbocycles. The number of nitrogens with one attached hydrogen (secondary N) is 2. The molecule has 0 saturated carbocycles. The summed E-state index contributed by atoms with van der Waals surface area (Å²) < 4.78 is 0.604. The van der Waals surface area contributed by atoms with Crippen molar-refractivity contribution >= 4 is 45.0 Å².